The molecule has 2 amide bonds. The molecule has 0 bridgehead atoms. The summed E-state index contributed by atoms with van der Waals surface area (Å²) in [5, 5.41) is 3.59. The van der Waals surface area contributed by atoms with Gasteiger partial charge in [-0.15, -0.1) is 11.3 Å². The molecule has 3 rings (SSSR count). The van der Waals surface area contributed by atoms with Crippen molar-refractivity contribution in [3.63, 3.8) is 0 Å². The van der Waals surface area contributed by atoms with Gasteiger partial charge in [0.05, 0.1) is 21.0 Å². The van der Waals surface area contributed by atoms with Gasteiger partial charge in [-0.2, -0.15) is 0 Å². The highest BCUT2D eigenvalue weighted by Gasteiger charge is 2.26. The van der Waals surface area contributed by atoms with Crippen molar-refractivity contribution in [3.05, 3.63) is 44.8 Å². The number of rotatable bonds is 5. The second-order valence-electron chi connectivity index (χ2n) is 7.65. The van der Waals surface area contributed by atoms with E-state index in [1.807, 2.05) is 14.0 Å². The summed E-state index contributed by atoms with van der Waals surface area (Å²) in [4.78, 5) is 17.3. The van der Waals surface area contributed by atoms with Crippen molar-refractivity contribution in [1.82, 2.24) is 15.1 Å². The quantitative estimate of drug-likeness (QED) is 0.538. The van der Waals surface area contributed by atoms with Gasteiger partial charge in [-0.25, -0.2) is 13.6 Å². The Balaban J connectivity index is 1.72. The van der Waals surface area contributed by atoms with Gasteiger partial charge in [-0.05, 0) is 57.6 Å². The lowest BCUT2D eigenvalue weighted by molar-refractivity contribution is 0.146. The summed E-state index contributed by atoms with van der Waals surface area (Å²) in [6, 6.07) is 6.24. The zero-order valence-corrected chi connectivity index (χ0v) is 19.4. The van der Waals surface area contributed by atoms with Crippen LogP contribution in [0.15, 0.2) is 24.3 Å². The van der Waals surface area contributed by atoms with Crippen molar-refractivity contribution >= 4 is 40.6 Å². The zero-order chi connectivity index (χ0) is 22.0. The van der Waals surface area contributed by atoms with Gasteiger partial charge in [0.2, 0.25) is 0 Å². The molecule has 1 aliphatic heterocycles. The molecule has 1 saturated heterocycles. The number of carbonyl (C=O) groups is 1. The third kappa shape index (κ3) is 5.07. The van der Waals surface area contributed by atoms with Crippen LogP contribution in [0.1, 0.15) is 42.7 Å². The van der Waals surface area contributed by atoms with Gasteiger partial charge in [0.15, 0.2) is 0 Å². The van der Waals surface area contributed by atoms with E-state index in [1.165, 1.54) is 6.07 Å². The molecular weight excluding hydrogens is 451 g/mol. The normalized spacial score (nSPS) is 16.7. The highest BCUT2D eigenvalue weighted by molar-refractivity contribution is 7.15. The minimum Gasteiger partial charge on any atom is -0.331 e. The fraction of sp³-hybridized carbons (Fsp3) is 0.476. The van der Waals surface area contributed by atoms with E-state index in [0.717, 1.165) is 37.3 Å². The van der Waals surface area contributed by atoms with Crippen LogP contribution in [0.25, 0.3) is 10.4 Å². The molecule has 1 N–H and O–H groups in total. The van der Waals surface area contributed by atoms with Crippen LogP contribution in [0.4, 0.5) is 13.6 Å². The van der Waals surface area contributed by atoms with Gasteiger partial charge < -0.3 is 15.1 Å². The third-order valence-corrected chi connectivity index (χ3v) is 7.60. The van der Waals surface area contributed by atoms with E-state index in [2.05, 4.69) is 17.3 Å². The Bertz CT molecular complexity index is 900. The Kier molecular flexibility index (Phi) is 7.61. The van der Waals surface area contributed by atoms with E-state index < -0.39 is 6.43 Å². The summed E-state index contributed by atoms with van der Waals surface area (Å²) in [6.07, 6.45) is -0.635. The number of piperidine rings is 1. The first-order valence-corrected chi connectivity index (χ1v) is 11.3. The Hall–Kier alpha value is -1.41. The molecular formula is C21H25Cl2F2N3OS. The maximum atomic E-state index is 12.9. The van der Waals surface area contributed by atoms with Crippen molar-refractivity contribution in [2.45, 2.75) is 38.3 Å². The molecule has 0 aliphatic carbocycles. The van der Waals surface area contributed by atoms with Crippen LogP contribution in [0.2, 0.25) is 10.0 Å². The second kappa shape index (κ2) is 9.81. The summed E-state index contributed by atoms with van der Waals surface area (Å²) in [5.41, 5.74) is 1.28. The zero-order valence-electron chi connectivity index (χ0n) is 17.1. The van der Waals surface area contributed by atoms with E-state index in [-0.39, 0.29) is 23.0 Å². The first-order valence-electron chi connectivity index (χ1n) is 9.77. The van der Waals surface area contributed by atoms with Crippen LogP contribution in [-0.2, 0) is 0 Å². The molecule has 164 valence electrons. The van der Waals surface area contributed by atoms with Crippen molar-refractivity contribution < 1.29 is 13.6 Å². The molecule has 1 aromatic carbocycles. The number of benzene rings is 1. The minimum atomic E-state index is -2.52. The third-order valence-electron chi connectivity index (χ3n) is 5.58. The SMILES string of the molecule is CC(NC(=O)N(C)C1CCN(C)CC1)c1ccc(-c2ccc(C(F)F)s2)c(Cl)c1Cl. The molecule has 2 aromatic rings. The number of thiophene rings is 1. The standard InChI is InChI=1S/C21H25Cl2F2N3OS/c1-12(26-21(29)28(3)13-8-10-27(2)11-9-13)14-4-5-15(19(23)18(14)22)16-6-7-17(30-16)20(24)25/h4-7,12-13,20H,8-11H2,1-3H3,(H,26,29). The molecule has 1 unspecified atom stereocenters. The van der Waals surface area contributed by atoms with Gasteiger partial charge >= 0.3 is 6.03 Å². The summed E-state index contributed by atoms with van der Waals surface area (Å²) in [5.74, 6) is 0. The van der Waals surface area contributed by atoms with Crippen LogP contribution in [0.5, 0.6) is 0 Å². The maximum absolute atomic E-state index is 12.9. The molecule has 1 fully saturated rings. The van der Waals surface area contributed by atoms with E-state index in [0.29, 0.717) is 26.0 Å². The van der Waals surface area contributed by atoms with E-state index in [4.69, 9.17) is 23.2 Å². The fourth-order valence-electron chi connectivity index (χ4n) is 3.62. The molecule has 1 aliphatic rings. The number of halogens is 4. The second-order valence-corrected chi connectivity index (χ2v) is 9.52. The number of hydrogen-bond donors (Lipinski definition) is 1. The van der Waals surface area contributed by atoms with Crippen molar-refractivity contribution in [2.75, 3.05) is 27.2 Å². The lowest BCUT2D eigenvalue weighted by atomic mass is 10.0. The largest absolute Gasteiger partial charge is 0.331 e. The average Bonchev–Trinajstić information content (AvgIpc) is 3.20. The Morgan fingerprint density at radius 3 is 2.47 bits per heavy atom. The number of likely N-dealkylation sites (tertiary alicyclic amines) is 1. The smallest absolute Gasteiger partial charge is 0.317 e. The molecule has 9 heteroatoms. The van der Waals surface area contributed by atoms with Crippen LogP contribution >= 0.6 is 34.5 Å². The number of nitrogens with zero attached hydrogens (tertiary/aromatic N) is 2. The number of alkyl halides is 2. The number of nitrogens with one attached hydrogen (secondary N) is 1. The molecule has 1 atom stereocenters. The van der Waals surface area contributed by atoms with Gasteiger partial charge in [-0.1, -0.05) is 35.3 Å². The summed E-state index contributed by atoms with van der Waals surface area (Å²) < 4.78 is 25.8. The van der Waals surface area contributed by atoms with Gasteiger partial charge in [0, 0.05) is 23.5 Å². The Labute approximate surface area is 189 Å². The van der Waals surface area contributed by atoms with E-state index >= 15 is 0 Å². The Morgan fingerprint density at radius 2 is 1.87 bits per heavy atom. The topological polar surface area (TPSA) is 35.6 Å². The van der Waals surface area contributed by atoms with Gasteiger partial charge in [0.1, 0.15) is 0 Å². The summed E-state index contributed by atoms with van der Waals surface area (Å²) >= 11 is 13.9. The average molecular weight is 476 g/mol. The van der Waals surface area contributed by atoms with E-state index in [1.54, 1.807) is 23.1 Å². The molecule has 30 heavy (non-hydrogen) atoms. The number of carbonyl (C=O) groups excluding carboxylic acids is 1. The van der Waals surface area contributed by atoms with Crippen LogP contribution in [0, 0.1) is 0 Å². The number of amides is 2. The minimum absolute atomic E-state index is 0.0150. The van der Waals surface area contributed by atoms with Crippen molar-refractivity contribution in [3.8, 4) is 10.4 Å². The van der Waals surface area contributed by atoms with Crippen LogP contribution in [-0.4, -0.2) is 49.1 Å². The predicted octanol–water partition coefficient (Wildman–Crippen LogP) is 6.46. The van der Waals surface area contributed by atoms with Gasteiger partial charge in [-0.3, -0.25) is 0 Å². The van der Waals surface area contributed by atoms with Crippen molar-refractivity contribution in [2.24, 2.45) is 0 Å². The first kappa shape index (κ1) is 23.3. The Morgan fingerprint density at radius 1 is 1.20 bits per heavy atom. The highest BCUT2D eigenvalue weighted by Crippen LogP contribution is 2.41. The summed E-state index contributed by atoms with van der Waals surface area (Å²) in [7, 11) is 3.89. The molecule has 0 radical (unpaired) electrons. The number of urea groups is 1. The molecule has 0 saturated carbocycles. The van der Waals surface area contributed by atoms with E-state index in [9.17, 15) is 13.6 Å². The first-order chi connectivity index (χ1) is 14.2. The number of hydrogen-bond acceptors (Lipinski definition) is 3. The van der Waals surface area contributed by atoms with Crippen LogP contribution in [0.3, 0.4) is 0 Å². The maximum Gasteiger partial charge on any atom is 0.317 e. The molecule has 1 aromatic heterocycles. The molecule has 2 heterocycles. The summed E-state index contributed by atoms with van der Waals surface area (Å²) in [6.45, 7) is 3.78. The van der Waals surface area contributed by atoms with Gasteiger partial charge in [0.25, 0.3) is 6.43 Å². The lowest BCUT2D eigenvalue weighted by Gasteiger charge is -2.35. The molecule has 4 nitrogen and oxygen atoms in total. The predicted molar refractivity (Wildman–Crippen MR) is 120 cm³/mol. The van der Waals surface area contributed by atoms with Crippen LogP contribution < -0.4 is 5.32 Å². The lowest BCUT2D eigenvalue weighted by Crippen LogP contribution is -2.48. The highest BCUT2D eigenvalue weighted by atomic mass is 35.5. The fourth-order valence-corrected chi connectivity index (χ4v) is 5.17. The monoisotopic (exact) mass is 475 g/mol. The molecule has 0 spiro atoms. The van der Waals surface area contributed by atoms with Crippen molar-refractivity contribution in [1.29, 1.82) is 0 Å².